The van der Waals surface area contributed by atoms with Gasteiger partial charge in [-0.1, -0.05) is 36.0 Å². The second-order valence-electron chi connectivity index (χ2n) is 4.98. The zero-order valence-corrected chi connectivity index (χ0v) is 11.8. The van der Waals surface area contributed by atoms with Crippen LogP contribution in [0.1, 0.15) is 22.0 Å². The quantitative estimate of drug-likeness (QED) is 0.679. The van der Waals surface area contributed by atoms with Crippen LogP contribution in [-0.2, 0) is 0 Å². The number of rotatable bonds is 1. The number of hydrogen-bond acceptors (Lipinski definition) is 3. The Labute approximate surface area is 124 Å². The molecular formula is C16H11FN2OS. The second-order valence-corrected chi connectivity index (χ2v) is 6.15. The van der Waals surface area contributed by atoms with Crippen LogP contribution in [0.3, 0.4) is 0 Å². The first-order chi connectivity index (χ1) is 10.2. The molecule has 0 unspecified atom stereocenters. The number of para-hydroxylation sites is 2. The number of benzene rings is 2. The number of halogens is 1. The van der Waals surface area contributed by atoms with Gasteiger partial charge in [0.15, 0.2) is 5.16 Å². The third-order valence-electron chi connectivity index (χ3n) is 3.61. The van der Waals surface area contributed by atoms with Gasteiger partial charge in [-0.25, -0.2) is 9.37 Å². The zero-order valence-electron chi connectivity index (χ0n) is 11.0. The molecule has 1 aliphatic rings. The first-order valence-electron chi connectivity index (χ1n) is 6.65. The average molecular weight is 298 g/mol. The number of thioether (sulfide) groups is 1. The predicted octanol–water partition coefficient (Wildman–Crippen LogP) is 4.05. The summed E-state index contributed by atoms with van der Waals surface area (Å²) in [5.41, 5.74) is 2.47. The van der Waals surface area contributed by atoms with Crippen molar-refractivity contribution in [3.63, 3.8) is 0 Å². The molecule has 0 bridgehead atoms. The van der Waals surface area contributed by atoms with Gasteiger partial charge in [-0.05, 0) is 29.8 Å². The first-order valence-corrected chi connectivity index (χ1v) is 7.53. The summed E-state index contributed by atoms with van der Waals surface area (Å²) in [4.78, 5) is 17.0. The third kappa shape index (κ3) is 2.05. The van der Waals surface area contributed by atoms with E-state index in [1.54, 1.807) is 10.6 Å². The first kappa shape index (κ1) is 12.6. The van der Waals surface area contributed by atoms with Crippen molar-refractivity contribution < 1.29 is 9.18 Å². The smallest absolute Gasteiger partial charge is 0.234 e. The monoisotopic (exact) mass is 298 g/mol. The van der Waals surface area contributed by atoms with Crippen molar-refractivity contribution in [2.24, 2.45) is 0 Å². The molecule has 0 N–H and O–H groups in total. The van der Waals surface area contributed by atoms with Crippen LogP contribution in [0, 0.1) is 5.82 Å². The number of carbonyl (C=O) groups excluding carboxylic acids is 1. The van der Waals surface area contributed by atoms with Gasteiger partial charge in [-0.15, -0.1) is 0 Å². The molecule has 104 valence electrons. The summed E-state index contributed by atoms with van der Waals surface area (Å²) in [6.07, 6.45) is 0.349. The molecule has 0 radical (unpaired) electrons. The fourth-order valence-electron chi connectivity index (χ4n) is 2.64. The molecule has 21 heavy (non-hydrogen) atoms. The summed E-state index contributed by atoms with van der Waals surface area (Å²) < 4.78 is 15.0. The van der Waals surface area contributed by atoms with E-state index < -0.39 is 0 Å². The van der Waals surface area contributed by atoms with Crippen molar-refractivity contribution in [2.75, 3.05) is 0 Å². The molecule has 0 spiro atoms. The average Bonchev–Trinajstić information content (AvgIpc) is 2.86. The largest absolute Gasteiger partial charge is 0.274 e. The van der Waals surface area contributed by atoms with Crippen molar-refractivity contribution in [3.05, 3.63) is 59.9 Å². The molecule has 1 aliphatic heterocycles. The SMILES string of the molecule is O=C1C[C@@H](c2cccc(F)c2)Sc2nc3ccccc3n21. The fourth-order valence-corrected chi connectivity index (χ4v) is 3.86. The third-order valence-corrected chi connectivity index (χ3v) is 4.82. The van der Waals surface area contributed by atoms with E-state index in [9.17, 15) is 9.18 Å². The fraction of sp³-hybridized carbons (Fsp3) is 0.125. The second kappa shape index (κ2) is 4.70. The van der Waals surface area contributed by atoms with Crippen LogP contribution in [0.2, 0.25) is 0 Å². The zero-order chi connectivity index (χ0) is 14.4. The number of aromatic nitrogens is 2. The maximum Gasteiger partial charge on any atom is 0.234 e. The minimum Gasteiger partial charge on any atom is -0.274 e. The molecule has 0 amide bonds. The van der Waals surface area contributed by atoms with E-state index in [1.807, 2.05) is 30.3 Å². The van der Waals surface area contributed by atoms with Crippen molar-refractivity contribution in [1.82, 2.24) is 9.55 Å². The molecule has 4 rings (SSSR count). The topological polar surface area (TPSA) is 34.9 Å². The number of imidazole rings is 1. The lowest BCUT2D eigenvalue weighted by atomic mass is 10.1. The van der Waals surface area contributed by atoms with Gasteiger partial charge in [0, 0.05) is 11.7 Å². The minimum absolute atomic E-state index is 0.00621. The highest BCUT2D eigenvalue weighted by Gasteiger charge is 2.29. The van der Waals surface area contributed by atoms with Crippen LogP contribution in [-0.4, -0.2) is 15.5 Å². The van der Waals surface area contributed by atoms with Crippen LogP contribution < -0.4 is 0 Å². The van der Waals surface area contributed by atoms with Crippen LogP contribution in [0.25, 0.3) is 11.0 Å². The molecule has 2 aromatic carbocycles. The van der Waals surface area contributed by atoms with Gasteiger partial charge in [0.2, 0.25) is 5.91 Å². The Bertz CT molecular complexity index is 858. The Hall–Kier alpha value is -2.14. The van der Waals surface area contributed by atoms with E-state index in [4.69, 9.17) is 0 Å². The van der Waals surface area contributed by atoms with Gasteiger partial charge in [-0.2, -0.15) is 0 Å². The van der Waals surface area contributed by atoms with Crippen LogP contribution in [0.5, 0.6) is 0 Å². The van der Waals surface area contributed by atoms with Gasteiger partial charge in [0.1, 0.15) is 5.82 Å². The Balaban J connectivity index is 1.80. The van der Waals surface area contributed by atoms with Gasteiger partial charge in [0.05, 0.1) is 11.0 Å². The summed E-state index contributed by atoms with van der Waals surface area (Å²) in [6.45, 7) is 0. The maximum atomic E-state index is 13.4. The highest BCUT2D eigenvalue weighted by Crippen LogP contribution is 2.42. The van der Waals surface area contributed by atoms with E-state index in [0.29, 0.717) is 11.6 Å². The van der Waals surface area contributed by atoms with Crippen LogP contribution in [0.4, 0.5) is 4.39 Å². The van der Waals surface area contributed by atoms with Crippen LogP contribution in [0.15, 0.2) is 53.7 Å². The van der Waals surface area contributed by atoms with E-state index >= 15 is 0 Å². The Kier molecular flexibility index (Phi) is 2.82. The molecule has 5 heteroatoms. The van der Waals surface area contributed by atoms with Gasteiger partial charge < -0.3 is 0 Å². The van der Waals surface area contributed by atoms with Gasteiger partial charge >= 0.3 is 0 Å². The van der Waals surface area contributed by atoms with E-state index in [-0.39, 0.29) is 17.0 Å². The molecule has 1 aromatic heterocycles. The number of carbonyl (C=O) groups is 1. The lowest BCUT2D eigenvalue weighted by Gasteiger charge is -2.22. The van der Waals surface area contributed by atoms with Crippen LogP contribution >= 0.6 is 11.8 Å². The number of nitrogens with zero attached hydrogens (tertiary/aromatic N) is 2. The van der Waals surface area contributed by atoms with E-state index in [0.717, 1.165) is 16.6 Å². The molecule has 2 heterocycles. The molecule has 0 saturated carbocycles. The van der Waals surface area contributed by atoms with Gasteiger partial charge in [-0.3, -0.25) is 9.36 Å². The molecule has 0 saturated heterocycles. The predicted molar refractivity (Wildman–Crippen MR) is 80.0 cm³/mol. The molecular weight excluding hydrogens is 287 g/mol. The molecule has 1 atom stereocenters. The molecule has 3 nitrogen and oxygen atoms in total. The van der Waals surface area contributed by atoms with E-state index in [1.165, 1.54) is 23.9 Å². The number of hydrogen-bond donors (Lipinski definition) is 0. The van der Waals surface area contributed by atoms with Crippen molar-refractivity contribution in [1.29, 1.82) is 0 Å². The Morgan fingerprint density at radius 1 is 1.19 bits per heavy atom. The summed E-state index contributed by atoms with van der Waals surface area (Å²) >= 11 is 1.51. The lowest BCUT2D eigenvalue weighted by molar-refractivity contribution is 0.0891. The number of fused-ring (bicyclic) bond motifs is 3. The van der Waals surface area contributed by atoms with Crippen molar-refractivity contribution in [2.45, 2.75) is 16.8 Å². The lowest BCUT2D eigenvalue weighted by Crippen LogP contribution is -2.19. The molecule has 3 aromatic rings. The Morgan fingerprint density at radius 2 is 2.05 bits per heavy atom. The maximum absolute atomic E-state index is 13.4. The summed E-state index contributed by atoms with van der Waals surface area (Å²) in [7, 11) is 0. The minimum atomic E-state index is -0.278. The summed E-state index contributed by atoms with van der Waals surface area (Å²) in [5, 5.41) is 0.597. The van der Waals surface area contributed by atoms with Gasteiger partial charge in [0.25, 0.3) is 0 Å². The van der Waals surface area contributed by atoms with E-state index in [2.05, 4.69) is 4.98 Å². The summed E-state index contributed by atoms with van der Waals surface area (Å²) in [6, 6.07) is 14.0. The van der Waals surface area contributed by atoms with Crippen molar-refractivity contribution >= 4 is 28.7 Å². The standard InChI is InChI=1S/C16H11FN2OS/c17-11-5-3-4-10(8-11)14-9-15(20)19-13-7-2-1-6-12(13)18-16(19)21-14/h1-8,14H,9H2/t14-/m0/s1. The molecule has 0 fully saturated rings. The normalized spacial score (nSPS) is 18.0. The summed E-state index contributed by atoms with van der Waals surface area (Å²) in [5.74, 6) is -0.272. The Morgan fingerprint density at radius 3 is 2.90 bits per heavy atom. The molecule has 0 aliphatic carbocycles. The van der Waals surface area contributed by atoms with Crippen molar-refractivity contribution in [3.8, 4) is 0 Å². The highest BCUT2D eigenvalue weighted by molar-refractivity contribution is 7.99. The highest BCUT2D eigenvalue weighted by atomic mass is 32.2.